The Morgan fingerprint density at radius 2 is 2.00 bits per heavy atom. The van der Waals surface area contributed by atoms with Gasteiger partial charge >= 0.3 is 0 Å². The number of nitrogens with one attached hydrogen (secondary N) is 2. The lowest BCUT2D eigenvalue weighted by Gasteiger charge is -2.23. The summed E-state index contributed by atoms with van der Waals surface area (Å²) >= 11 is 0. The molecule has 0 heterocycles. The number of fused-ring (bicyclic) bond motifs is 2. The molecule has 1 aromatic carbocycles. The molecule has 0 unspecified atom stereocenters. The molecule has 2 N–H and O–H groups in total. The number of sulfonamides is 1. The first-order valence-electron chi connectivity index (χ1n) is 7.71. The zero-order valence-electron chi connectivity index (χ0n) is 12.9. The normalized spacial score (nSPS) is 26.9. The molecule has 0 radical (unpaired) electrons. The fourth-order valence-electron chi connectivity index (χ4n) is 3.79. The molecule has 0 aliphatic heterocycles. The number of hydrogen-bond acceptors (Lipinski definition) is 3. The highest BCUT2D eigenvalue weighted by Gasteiger charge is 2.40. The molecular formula is C16H22N2O3S. The van der Waals surface area contributed by atoms with Crippen molar-refractivity contribution in [2.24, 2.45) is 11.8 Å². The first kappa shape index (κ1) is 15.3. The molecule has 3 atom stereocenters. The lowest BCUT2D eigenvalue weighted by molar-refractivity contribution is 0.0923. The zero-order chi connectivity index (χ0) is 15.9. The van der Waals surface area contributed by atoms with E-state index in [2.05, 4.69) is 10.0 Å². The second-order valence-electron chi connectivity index (χ2n) is 6.66. The highest BCUT2D eigenvalue weighted by Crippen LogP contribution is 2.44. The van der Waals surface area contributed by atoms with Gasteiger partial charge in [0.05, 0.1) is 11.9 Å². The molecule has 5 nitrogen and oxygen atoms in total. The largest absolute Gasteiger partial charge is 0.349 e. The minimum absolute atomic E-state index is 0.0634. The minimum atomic E-state index is -3.31. The summed E-state index contributed by atoms with van der Waals surface area (Å²) in [7, 11) is -3.31. The van der Waals surface area contributed by atoms with Gasteiger partial charge in [0.25, 0.3) is 5.91 Å². The van der Waals surface area contributed by atoms with Gasteiger partial charge in [0.2, 0.25) is 10.0 Å². The quantitative estimate of drug-likeness (QED) is 0.893. The van der Waals surface area contributed by atoms with Crippen LogP contribution in [0.5, 0.6) is 0 Å². The second kappa shape index (κ2) is 5.57. The molecule has 2 bridgehead atoms. The summed E-state index contributed by atoms with van der Waals surface area (Å²) in [6.07, 6.45) is 6.00. The van der Waals surface area contributed by atoms with Crippen LogP contribution in [-0.2, 0) is 10.0 Å². The van der Waals surface area contributed by atoms with Gasteiger partial charge in [-0.05, 0) is 61.8 Å². The molecule has 2 aliphatic rings. The van der Waals surface area contributed by atoms with Crippen molar-refractivity contribution in [2.75, 3.05) is 11.0 Å². The number of benzene rings is 1. The average Bonchev–Trinajstić information content (AvgIpc) is 3.02. The highest BCUT2D eigenvalue weighted by atomic mass is 32.2. The Morgan fingerprint density at radius 1 is 1.23 bits per heavy atom. The lowest BCUT2D eigenvalue weighted by atomic mass is 9.95. The molecule has 22 heavy (non-hydrogen) atoms. The summed E-state index contributed by atoms with van der Waals surface area (Å²) in [5, 5.41) is 3.14. The van der Waals surface area contributed by atoms with Crippen molar-refractivity contribution in [3.8, 4) is 0 Å². The Morgan fingerprint density at radius 3 is 2.55 bits per heavy atom. The second-order valence-corrected chi connectivity index (χ2v) is 8.41. The SMILES string of the molecule is Cc1cc(C(=O)N[C@@H]2C[C@H]3CC[C@H]2C3)ccc1NS(C)(=O)=O. The summed E-state index contributed by atoms with van der Waals surface area (Å²) < 4.78 is 25.0. The van der Waals surface area contributed by atoms with Crippen molar-refractivity contribution >= 4 is 21.6 Å². The Kier molecular flexibility index (Phi) is 3.89. The van der Waals surface area contributed by atoms with Gasteiger partial charge < -0.3 is 5.32 Å². The van der Waals surface area contributed by atoms with E-state index in [4.69, 9.17) is 0 Å². The van der Waals surface area contributed by atoms with E-state index < -0.39 is 10.0 Å². The first-order valence-corrected chi connectivity index (χ1v) is 9.60. The van der Waals surface area contributed by atoms with E-state index in [0.717, 1.165) is 24.2 Å². The highest BCUT2D eigenvalue weighted by molar-refractivity contribution is 7.92. The maximum atomic E-state index is 12.4. The van der Waals surface area contributed by atoms with Crippen LogP contribution in [0.15, 0.2) is 18.2 Å². The molecule has 0 saturated heterocycles. The van der Waals surface area contributed by atoms with Crippen LogP contribution in [0.1, 0.15) is 41.6 Å². The number of amides is 1. The fraction of sp³-hybridized carbons (Fsp3) is 0.562. The topological polar surface area (TPSA) is 75.3 Å². The van der Waals surface area contributed by atoms with Crippen molar-refractivity contribution in [1.29, 1.82) is 0 Å². The van der Waals surface area contributed by atoms with Crippen molar-refractivity contribution in [3.63, 3.8) is 0 Å². The summed E-state index contributed by atoms with van der Waals surface area (Å²) in [5.41, 5.74) is 1.84. The van der Waals surface area contributed by atoms with Crippen LogP contribution in [0.25, 0.3) is 0 Å². The van der Waals surface area contributed by atoms with Gasteiger partial charge in [0.1, 0.15) is 0 Å². The maximum Gasteiger partial charge on any atom is 0.251 e. The third-order valence-corrected chi connectivity index (χ3v) is 5.43. The van der Waals surface area contributed by atoms with E-state index in [1.165, 1.54) is 19.3 Å². The molecule has 1 aromatic rings. The molecule has 0 spiro atoms. The molecule has 3 rings (SSSR count). The van der Waals surface area contributed by atoms with Crippen molar-refractivity contribution < 1.29 is 13.2 Å². The van der Waals surface area contributed by atoms with E-state index in [1.807, 2.05) is 0 Å². The third kappa shape index (κ3) is 3.27. The van der Waals surface area contributed by atoms with Crippen LogP contribution in [0, 0.1) is 18.8 Å². The van der Waals surface area contributed by atoms with Gasteiger partial charge in [0.15, 0.2) is 0 Å². The first-order chi connectivity index (χ1) is 10.3. The Hall–Kier alpha value is -1.56. The van der Waals surface area contributed by atoms with E-state index >= 15 is 0 Å². The predicted octanol–water partition coefficient (Wildman–Crippen LogP) is 2.28. The average molecular weight is 322 g/mol. The lowest BCUT2D eigenvalue weighted by Crippen LogP contribution is -2.38. The number of carbonyl (C=O) groups excluding carboxylic acids is 1. The van der Waals surface area contributed by atoms with Crippen LogP contribution >= 0.6 is 0 Å². The van der Waals surface area contributed by atoms with Gasteiger partial charge in [-0.25, -0.2) is 8.42 Å². The fourth-order valence-corrected chi connectivity index (χ4v) is 4.42. The molecule has 120 valence electrons. The van der Waals surface area contributed by atoms with Crippen LogP contribution in [0.2, 0.25) is 0 Å². The monoisotopic (exact) mass is 322 g/mol. The zero-order valence-corrected chi connectivity index (χ0v) is 13.7. The summed E-state index contributed by atoms with van der Waals surface area (Å²) in [5.74, 6) is 1.37. The standard InChI is InChI=1S/C16H22N2O3S/c1-10-7-13(5-6-14(10)18-22(2,20)21)16(19)17-15-9-11-3-4-12(15)8-11/h5-7,11-12,15,18H,3-4,8-9H2,1-2H3,(H,17,19)/t11-,12-,15+/m0/s1. The number of rotatable bonds is 4. The van der Waals surface area contributed by atoms with E-state index in [-0.39, 0.29) is 5.91 Å². The third-order valence-electron chi connectivity index (χ3n) is 4.84. The number of aryl methyl sites for hydroxylation is 1. The van der Waals surface area contributed by atoms with Gasteiger partial charge in [-0.2, -0.15) is 0 Å². The van der Waals surface area contributed by atoms with Crippen LogP contribution in [-0.4, -0.2) is 26.6 Å². The van der Waals surface area contributed by atoms with Gasteiger partial charge in [0, 0.05) is 11.6 Å². The minimum Gasteiger partial charge on any atom is -0.349 e. The Labute approximate surface area is 131 Å². The summed E-state index contributed by atoms with van der Waals surface area (Å²) in [4.78, 5) is 12.4. The van der Waals surface area contributed by atoms with Crippen molar-refractivity contribution in [1.82, 2.24) is 5.32 Å². The van der Waals surface area contributed by atoms with E-state index in [0.29, 0.717) is 23.2 Å². The van der Waals surface area contributed by atoms with E-state index in [1.54, 1.807) is 25.1 Å². The number of hydrogen-bond donors (Lipinski definition) is 2. The molecule has 2 aliphatic carbocycles. The van der Waals surface area contributed by atoms with Crippen molar-refractivity contribution in [3.05, 3.63) is 29.3 Å². The number of anilines is 1. The van der Waals surface area contributed by atoms with Crippen LogP contribution in [0.4, 0.5) is 5.69 Å². The Bertz CT molecular complexity index is 699. The maximum absolute atomic E-state index is 12.4. The molecular weight excluding hydrogens is 300 g/mol. The Balaban J connectivity index is 1.69. The smallest absolute Gasteiger partial charge is 0.251 e. The molecule has 0 aromatic heterocycles. The molecule has 6 heteroatoms. The summed E-state index contributed by atoms with van der Waals surface area (Å²) in [6.45, 7) is 1.79. The molecule has 1 amide bonds. The predicted molar refractivity (Wildman–Crippen MR) is 86.3 cm³/mol. The van der Waals surface area contributed by atoms with Crippen molar-refractivity contribution in [2.45, 2.75) is 38.6 Å². The van der Waals surface area contributed by atoms with Crippen LogP contribution in [0.3, 0.4) is 0 Å². The van der Waals surface area contributed by atoms with Gasteiger partial charge in [-0.1, -0.05) is 6.42 Å². The van der Waals surface area contributed by atoms with Gasteiger partial charge in [-0.15, -0.1) is 0 Å². The molecule has 2 fully saturated rings. The molecule has 2 saturated carbocycles. The van der Waals surface area contributed by atoms with Crippen LogP contribution < -0.4 is 10.0 Å². The van der Waals surface area contributed by atoms with Gasteiger partial charge in [-0.3, -0.25) is 9.52 Å². The summed E-state index contributed by atoms with van der Waals surface area (Å²) in [6, 6.07) is 5.35. The van der Waals surface area contributed by atoms with E-state index in [9.17, 15) is 13.2 Å². The number of carbonyl (C=O) groups is 1.